The van der Waals surface area contributed by atoms with Crippen molar-refractivity contribution >= 4 is 27.7 Å². The van der Waals surface area contributed by atoms with Crippen LogP contribution in [0, 0.1) is 6.92 Å². The normalized spacial score (nSPS) is 15.9. The Morgan fingerprint density at radius 3 is 2.41 bits per heavy atom. The van der Waals surface area contributed by atoms with Crippen LogP contribution in [-0.2, 0) is 14.8 Å². The van der Waals surface area contributed by atoms with Gasteiger partial charge >= 0.3 is 0 Å². The van der Waals surface area contributed by atoms with Gasteiger partial charge < -0.3 is 9.73 Å². The summed E-state index contributed by atoms with van der Waals surface area (Å²) in [5.74, 6) is 1.05. The van der Waals surface area contributed by atoms with E-state index in [2.05, 4.69) is 10.0 Å². The van der Waals surface area contributed by atoms with Gasteiger partial charge in [0.05, 0.1) is 4.90 Å². The lowest BCUT2D eigenvalue weighted by atomic mass is 9.96. The van der Waals surface area contributed by atoms with Gasteiger partial charge in [-0.3, -0.25) is 4.79 Å². The molecule has 1 heterocycles. The summed E-state index contributed by atoms with van der Waals surface area (Å²) < 4.78 is 33.1. The van der Waals surface area contributed by atoms with Crippen molar-refractivity contribution in [3.63, 3.8) is 0 Å². The van der Waals surface area contributed by atoms with Crippen LogP contribution in [0.1, 0.15) is 43.6 Å². The zero-order valence-electron chi connectivity index (χ0n) is 15.3. The molecule has 144 valence electrons. The molecule has 0 radical (unpaired) electrons. The minimum Gasteiger partial charge on any atom is -0.462 e. The summed E-state index contributed by atoms with van der Waals surface area (Å²) in [7, 11) is -3.54. The number of aryl methyl sites for hydroxylation is 1. The molecule has 27 heavy (non-hydrogen) atoms. The van der Waals surface area contributed by atoms with Gasteiger partial charge in [0.25, 0.3) is 0 Å². The van der Waals surface area contributed by atoms with Crippen molar-refractivity contribution in [2.75, 3.05) is 5.32 Å². The van der Waals surface area contributed by atoms with Crippen LogP contribution in [0.4, 0.5) is 5.69 Å². The molecule has 7 heteroatoms. The molecule has 0 saturated heterocycles. The van der Waals surface area contributed by atoms with E-state index in [9.17, 15) is 13.2 Å². The second-order valence-electron chi connectivity index (χ2n) is 6.75. The van der Waals surface area contributed by atoms with Crippen molar-refractivity contribution in [2.45, 2.75) is 50.0 Å². The summed E-state index contributed by atoms with van der Waals surface area (Å²) in [5, 5.41) is 2.70. The van der Waals surface area contributed by atoms with Crippen LogP contribution < -0.4 is 10.0 Å². The van der Waals surface area contributed by atoms with E-state index in [-0.39, 0.29) is 16.8 Å². The van der Waals surface area contributed by atoms with E-state index < -0.39 is 10.0 Å². The van der Waals surface area contributed by atoms with Crippen molar-refractivity contribution in [1.29, 1.82) is 0 Å². The van der Waals surface area contributed by atoms with Gasteiger partial charge in [-0.05, 0) is 62.2 Å². The topological polar surface area (TPSA) is 88.4 Å². The standard InChI is InChI=1S/C20H24N2O4S/c1-15-7-10-18(26-15)11-14-20(23)21-16-8-12-19(13-9-16)27(24,25)22-17-5-3-2-4-6-17/h7-14,17,22H,2-6H2,1H3,(H,21,23)/b14-11+. The average molecular weight is 388 g/mol. The van der Waals surface area contributed by atoms with Crippen molar-refractivity contribution in [1.82, 2.24) is 4.72 Å². The number of carbonyl (C=O) groups is 1. The number of furan rings is 1. The fraction of sp³-hybridized carbons (Fsp3) is 0.350. The first kappa shape index (κ1) is 19.4. The minimum absolute atomic E-state index is 0.0125. The molecular formula is C20H24N2O4S. The Morgan fingerprint density at radius 1 is 1.07 bits per heavy atom. The van der Waals surface area contributed by atoms with E-state index in [1.807, 2.05) is 13.0 Å². The first-order chi connectivity index (χ1) is 12.9. The number of hydrogen-bond acceptors (Lipinski definition) is 4. The van der Waals surface area contributed by atoms with Gasteiger partial charge in [0.2, 0.25) is 15.9 Å². The highest BCUT2D eigenvalue weighted by atomic mass is 32.2. The smallest absolute Gasteiger partial charge is 0.248 e. The monoisotopic (exact) mass is 388 g/mol. The third-order valence-electron chi connectivity index (χ3n) is 4.52. The Bertz CT molecular complexity index is 908. The van der Waals surface area contributed by atoms with Gasteiger partial charge in [0.1, 0.15) is 11.5 Å². The SMILES string of the molecule is Cc1ccc(/C=C/C(=O)Nc2ccc(S(=O)(=O)NC3CCCCC3)cc2)o1. The number of rotatable bonds is 6. The fourth-order valence-electron chi connectivity index (χ4n) is 3.11. The van der Waals surface area contributed by atoms with Gasteiger partial charge in [-0.1, -0.05) is 19.3 Å². The maximum atomic E-state index is 12.5. The molecule has 0 aliphatic heterocycles. The van der Waals surface area contributed by atoms with Crippen LogP contribution in [0.25, 0.3) is 6.08 Å². The molecule has 1 saturated carbocycles. The maximum Gasteiger partial charge on any atom is 0.248 e. The molecular weight excluding hydrogens is 364 g/mol. The molecule has 0 atom stereocenters. The van der Waals surface area contributed by atoms with Crippen LogP contribution in [-0.4, -0.2) is 20.4 Å². The minimum atomic E-state index is -3.54. The van der Waals surface area contributed by atoms with E-state index >= 15 is 0 Å². The molecule has 2 aromatic rings. The molecule has 1 aliphatic rings. The van der Waals surface area contributed by atoms with Crippen molar-refractivity contribution in [3.8, 4) is 0 Å². The molecule has 1 amide bonds. The molecule has 1 aliphatic carbocycles. The van der Waals surface area contributed by atoms with E-state index in [0.29, 0.717) is 11.4 Å². The van der Waals surface area contributed by atoms with Gasteiger partial charge in [-0.15, -0.1) is 0 Å². The highest BCUT2D eigenvalue weighted by Crippen LogP contribution is 2.21. The van der Waals surface area contributed by atoms with Gasteiger partial charge in [-0.25, -0.2) is 13.1 Å². The largest absolute Gasteiger partial charge is 0.462 e. The van der Waals surface area contributed by atoms with Gasteiger partial charge in [-0.2, -0.15) is 0 Å². The first-order valence-electron chi connectivity index (χ1n) is 9.10. The van der Waals surface area contributed by atoms with Crippen molar-refractivity contribution in [2.24, 2.45) is 0 Å². The number of anilines is 1. The lowest BCUT2D eigenvalue weighted by Gasteiger charge is -2.22. The molecule has 0 bridgehead atoms. The van der Waals surface area contributed by atoms with Crippen LogP contribution in [0.2, 0.25) is 0 Å². The molecule has 0 spiro atoms. The Labute approximate surface area is 159 Å². The Morgan fingerprint density at radius 2 is 1.78 bits per heavy atom. The predicted octanol–water partition coefficient (Wildman–Crippen LogP) is 3.85. The number of hydrogen-bond donors (Lipinski definition) is 2. The van der Waals surface area contributed by atoms with Gasteiger partial charge in [0.15, 0.2) is 0 Å². The summed E-state index contributed by atoms with van der Waals surface area (Å²) in [5.41, 5.74) is 0.525. The molecule has 1 fully saturated rings. The quantitative estimate of drug-likeness (QED) is 0.736. The third kappa shape index (κ3) is 5.55. The Balaban J connectivity index is 1.59. The number of nitrogens with one attached hydrogen (secondary N) is 2. The summed E-state index contributed by atoms with van der Waals surface area (Å²) >= 11 is 0. The summed E-state index contributed by atoms with van der Waals surface area (Å²) in [6.07, 6.45) is 8.00. The van der Waals surface area contributed by atoms with E-state index in [1.165, 1.54) is 24.6 Å². The lowest BCUT2D eigenvalue weighted by Crippen LogP contribution is -2.36. The molecule has 0 unspecified atom stereocenters. The number of carbonyl (C=O) groups excluding carboxylic acids is 1. The highest BCUT2D eigenvalue weighted by Gasteiger charge is 2.21. The highest BCUT2D eigenvalue weighted by molar-refractivity contribution is 7.89. The molecule has 3 rings (SSSR count). The first-order valence-corrected chi connectivity index (χ1v) is 10.6. The van der Waals surface area contributed by atoms with Crippen molar-refractivity contribution in [3.05, 3.63) is 54.0 Å². The summed E-state index contributed by atoms with van der Waals surface area (Å²) in [6, 6.07) is 9.77. The van der Waals surface area contributed by atoms with E-state index in [0.717, 1.165) is 31.4 Å². The molecule has 2 N–H and O–H groups in total. The van der Waals surface area contributed by atoms with Crippen LogP contribution in [0.3, 0.4) is 0 Å². The Kier molecular flexibility index (Phi) is 6.13. The van der Waals surface area contributed by atoms with Crippen LogP contribution in [0.5, 0.6) is 0 Å². The van der Waals surface area contributed by atoms with Crippen molar-refractivity contribution < 1.29 is 17.6 Å². The van der Waals surface area contributed by atoms with Gasteiger partial charge in [0, 0.05) is 17.8 Å². The number of amides is 1. The molecule has 1 aromatic carbocycles. The van der Waals surface area contributed by atoms with Crippen LogP contribution in [0.15, 0.2) is 51.8 Å². The average Bonchev–Trinajstić information content (AvgIpc) is 3.06. The summed E-state index contributed by atoms with van der Waals surface area (Å²) in [6.45, 7) is 1.83. The zero-order valence-corrected chi connectivity index (χ0v) is 16.1. The lowest BCUT2D eigenvalue weighted by molar-refractivity contribution is -0.111. The summed E-state index contributed by atoms with van der Waals surface area (Å²) in [4.78, 5) is 12.2. The second-order valence-corrected chi connectivity index (χ2v) is 8.47. The number of sulfonamides is 1. The number of benzene rings is 1. The van der Waals surface area contributed by atoms with E-state index in [4.69, 9.17) is 4.42 Å². The third-order valence-corrected chi connectivity index (χ3v) is 6.06. The zero-order chi connectivity index (χ0) is 19.3. The second kappa shape index (κ2) is 8.54. The molecule has 6 nitrogen and oxygen atoms in total. The van der Waals surface area contributed by atoms with E-state index in [1.54, 1.807) is 24.3 Å². The maximum absolute atomic E-state index is 12.5. The Hall–Kier alpha value is -2.38. The van der Waals surface area contributed by atoms with Crippen LogP contribution >= 0.6 is 0 Å². The fourth-order valence-corrected chi connectivity index (χ4v) is 4.42. The predicted molar refractivity (Wildman–Crippen MR) is 105 cm³/mol. The molecule has 1 aromatic heterocycles.